The number of hydrogen-bond donors (Lipinski definition) is 3. The van der Waals surface area contributed by atoms with Crippen LogP contribution < -0.4 is 5.73 Å². The summed E-state index contributed by atoms with van der Waals surface area (Å²) in [6.07, 6.45) is 25.7. The summed E-state index contributed by atoms with van der Waals surface area (Å²) in [6, 6.07) is -1.47. The highest BCUT2D eigenvalue weighted by molar-refractivity contribution is 7.47. The number of esters is 1. The van der Waals surface area contributed by atoms with Gasteiger partial charge in [-0.15, -0.1) is 0 Å². The molecule has 254 valence electrons. The third-order valence-electron chi connectivity index (χ3n) is 7.04. The fourth-order valence-corrected chi connectivity index (χ4v) is 5.14. The molecule has 11 heteroatoms. The number of carbonyl (C=O) groups excluding carboxylic acids is 1. The van der Waals surface area contributed by atoms with Gasteiger partial charge in [0.1, 0.15) is 12.1 Å². The summed E-state index contributed by atoms with van der Waals surface area (Å²) in [4.78, 5) is 33.1. The van der Waals surface area contributed by atoms with Gasteiger partial charge < -0.3 is 25.2 Å². The van der Waals surface area contributed by atoms with Crippen molar-refractivity contribution in [2.24, 2.45) is 5.73 Å². The fraction of sp³-hybridized carbons (Fsp3) is 0.875. The highest BCUT2D eigenvalue weighted by Crippen LogP contribution is 2.43. The number of ether oxygens (including phenoxy) is 2. The molecular formula is C32H62NO9P. The number of unbranched alkanes of at least 4 members (excludes halogenated alkanes) is 16. The Labute approximate surface area is 261 Å². The maximum absolute atomic E-state index is 12.4. The molecule has 0 saturated carbocycles. The van der Waals surface area contributed by atoms with E-state index in [0.29, 0.717) is 13.0 Å². The van der Waals surface area contributed by atoms with Gasteiger partial charge in [0.2, 0.25) is 0 Å². The van der Waals surface area contributed by atoms with Gasteiger partial charge in [0, 0.05) is 13.0 Å². The lowest BCUT2D eigenvalue weighted by Gasteiger charge is -2.20. The van der Waals surface area contributed by atoms with E-state index in [0.717, 1.165) is 44.9 Å². The van der Waals surface area contributed by atoms with Crippen LogP contribution in [0, 0.1) is 0 Å². The van der Waals surface area contributed by atoms with E-state index in [4.69, 9.17) is 24.8 Å². The Kier molecular flexibility index (Phi) is 28.5. The number of rotatable bonds is 32. The Bertz CT molecular complexity index is 750. The molecule has 0 fully saturated rings. The molecule has 0 aliphatic heterocycles. The zero-order chi connectivity index (χ0) is 32.0. The predicted octanol–water partition coefficient (Wildman–Crippen LogP) is 7.86. The molecule has 0 aliphatic rings. The Hall–Kier alpha value is -1.29. The van der Waals surface area contributed by atoms with E-state index in [1.165, 1.54) is 70.6 Å². The van der Waals surface area contributed by atoms with Crippen LogP contribution >= 0.6 is 7.82 Å². The van der Waals surface area contributed by atoms with Crippen molar-refractivity contribution in [2.45, 2.75) is 154 Å². The van der Waals surface area contributed by atoms with Crippen LogP contribution in [0.25, 0.3) is 0 Å². The topological polar surface area (TPSA) is 155 Å². The first-order valence-corrected chi connectivity index (χ1v) is 18.2. The van der Waals surface area contributed by atoms with Crippen molar-refractivity contribution in [3.63, 3.8) is 0 Å². The molecule has 3 unspecified atom stereocenters. The van der Waals surface area contributed by atoms with Crippen LogP contribution in [0.3, 0.4) is 0 Å². The number of carboxylic acid groups (broad SMARTS) is 1. The van der Waals surface area contributed by atoms with E-state index in [1.807, 2.05) is 0 Å². The van der Waals surface area contributed by atoms with Crippen LogP contribution in [0.2, 0.25) is 0 Å². The Balaban J connectivity index is 4.30. The first kappa shape index (κ1) is 41.7. The average Bonchev–Trinajstić information content (AvgIpc) is 2.97. The number of aliphatic carboxylic acids is 1. The normalized spacial score (nSPS) is 14.5. The highest BCUT2D eigenvalue weighted by Gasteiger charge is 2.27. The number of nitrogens with two attached hydrogens (primary N) is 1. The van der Waals surface area contributed by atoms with Crippen molar-refractivity contribution in [3.05, 3.63) is 12.2 Å². The number of allylic oxidation sites excluding steroid dienone is 2. The Morgan fingerprint density at radius 1 is 0.721 bits per heavy atom. The molecule has 0 bridgehead atoms. The lowest BCUT2D eigenvalue weighted by atomic mass is 10.1. The molecule has 0 spiro atoms. The molecule has 3 atom stereocenters. The minimum atomic E-state index is -4.59. The van der Waals surface area contributed by atoms with E-state index in [9.17, 15) is 19.0 Å². The molecule has 43 heavy (non-hydrogen) atoms. The second kappa shape index (κ2) is 29.4. The Morgan fingerprint density at radius 3 is 1.79 bits per heavy atom. The summed E-state index contributed by atoms with van der Waals surface area (Å²) in [5.74, 6) is -1.79. The van der Waals surface area contributed by atoms with Gasteiger partial charge in [-0.2, -0.15) is 0 Å². The van der Waals surface area contributed by atoms with Crippen LogP contribution in [0.1, 0.15) is 142 Å². The van der Waals surface area contributed by atoms with Gasteiger partial charge in [-0.1, -0.05) is 109 Å². The molecular weight excluding hydrogens is 573 g/mol. The van der Waals surface area contributed by atoms with Gasteiger partial charge in [0.15, 0.2) is 0 Å². The smallest absolute Gasteiger partial charge is 0.472 e. The third-order valence-corrected chi connectivity index (χ3v) is 8.00. The minimum Gasteiger partial charge on any atom is -0.480 e. The lowest BCUT2D eigenvalue weighted by molar-refractivity contribution is -0.154. The second-order valence-corrected chi connectivity index (χ2v) is 12.7. The Morgan fingerprint density at radius 2 is 1.21 bits per heavy atom. The van der Waals surface area contributed by atoms with Gasteiger partial charge >= 0.3 is 19.8 Å². The van der Waals surface area contributed by atoms with Crippen LogP contribution in [-0.2, 0) is 32.7 Å². The van der Waals surface area contributed by atoms with Gasteiger partial charge in [0.05, 0.1) is 19.8 Å². The molecule has 0 amide bonds. The SMILES string of the molecule is CCCCCC/C=C\CCCCCCCCOCC(COP(=O)(O)OCC(N)C(=O)O)OC(=O)CCCCCCCCC. The third kappa shape index (κ3) is 29.2. The average molecular weight is 636 g/mol. The highest BCUT2D eigenvalue weighted by atomic mass is 31.2. The zero-order valence-corrected chi connectivity index (χ0v) is 28.0. The molecule has 4 N–H and O–H groups in total. The standard InChI is InChI=1S/C32H62NO9P/c1-3-5-7-9-11-12-13-14-15-16-17-19-21-23-25-39-26-29(27-40-43(37,38)41-28-30(33)32(35)36)42-31(34)24-22-20-18-10-8-6-4-2/h12-13,29-30H,3-11,14-28,33H2,1-2H3,(H,35,36)(H,37,38)/b13-12-. The number of carboxylic acids is 1. The van der Waals surface area contributed by atoms with Crippen LogP contribution in [0.4, 0.5) is 0 Å². The number of hydrogen-bond acceptors (Lipinski definition) is 8. The van der Waals surface area contributed by atoms with Crippen molar-refractivity contribution in [3.8, 4) is 0 Å². The molecule has 0 radical (unpaired) electrons. The molecule has 0 aliphatic carbocycles. The van der Waals surface area contributed by atoms with Crippen molar-refractivity contribution in [1.82, 2.24) is 0 Å². The fourth-order valence-electron chi connectivity index (χ4n) is 4.36. The molecule has 0 rings (SSSR count). The van der Waals surface area contributed by atoms with E-state index in [2.05, 4.69) is 30.5 Å². The molecule has 0 aromatic heterocycles. The van der Waals surface area contributed by atoms with E-state index >= 15 is 0 Å². The first-order chi connectivity index (χ1) is 20.7. The minimum absolute atomic E-state index is 0.0160. The quantitative estimate of drug-likeness (QED) is 0.0288. The number of phosphoric ester groups is 1. The zero-order valence-electron chi connectivity index (χ0n) is 27.1. The molecule has 0 aromatic rings. The number of carbonyl (C=O) groups is 2. The summed E-state index contributed by atoms with van der Waals surface area (Å²) in [6.45, 7) is 3.78. The van der Waals surface area contributed by atoms with Crippen molar-refractivity contribution >= 4 is 19.8 Å². The maximum atomic E-state index is 12.4. The summed E-state index contributed by atoms with van der Waals surface area (Å²) in [7, 11) is -4.59. The molecule has 10 nitrogen and oxygen atoms in total. The van der Waals surface area contributed by atoms with E-state index in [1.54, 1.807) is 0 Å². The number of phosphoric acid groups is 1. The van der Waals surface area contributed by atoms with Crippen LogP contribution in [0.15, 0.2) is 12.2 Å². The first-order valence-electron chi connectivity index (χ1n) is 16.7. The monoisotopic (exact) mass is 635 g/mol. The van der Waals surface area contributed by atoms with Crippen molar-refractivity contribution < 1.29 is 42.7 Å². The van der Waals surface area contributed by atoms with Crippen LogP contribution in [0.5, 0.6) is 0 Å². The molecule has 0 aromatic carbocycles. The maximum Gasteiger partial charge on any atom is 0.472 e. The largest absolute Gasteiger partial charge is 0.480 e. The summed E-state index contributed by atoms with van der Waals surface area (Å²) >= 11 is 0. The van der Waals surface area contributed by atoms with Crippen molar-refractivity contribution in [2.75, 3.05) is 26.4 Å². The van der Waals surface area contributed by atoms with E-state index < -0.39 is 45.1 Å². The van der Waals surface area contributed by atoms with Gasteiger partial charge in [0.25, 0.3) is 0 Å². The van der Waals surface area contributed by atoms with E-state index in [-0.39, 0.29) is 13.0 Å². The summed E-state index contributed by atoms with van der Waals surface area (Å²) in [5.41, 5.74) is 5.31. The molecule has 0 heterocycles. The molecule has 0 saturated heterocycles. The van der Waals surface area contributed by atoms with Gasteiger partial charge in [-0.3, -0.25) is 18.6 Å². The lowest BCUT2D eigenvalue weighted by Crippen LogP contribution is -2.34. The van der Waals surface area contributed by atoms with Gasteiger partial charge in [-0.25, -0.2) is 4.57 Å². The van der Waals surface area contributed by atoms with Gasteiger partial charge in [-0.05, 0) is 38.5 Å². The second-order valence-electron chi connectivity index (χ2n) is 11.3. The summed E-state index contributed by atoms with van der Waals surface area (Å²) in [5, 5.41) is 8.81. The predicted molar refractivity (Wildman–Crippen MR) is 171 cm³/mol. The van der Waals surface area contributed by atoms with Crippen molar-refractivity contribution in [1.29, 1.82) is 0 Å². The van der Waals surface area contributed by atoms with Crippen LogP contribution in [-0.4, -0.2) is 60.5 Å². The summed E-state index contributed by atoms with van der Waals surface area (Å²) < 4.78 is 33.0.